The Morgan fingerprint density at radius 3 is 2.67 bits per heavy atom. The molecule has 5 heteroatoms. The first kappa shape index (κ1) is 12.7. The summed E-state index contributed by atoms with van der Waals surface area (Å²) in [6, 6.07) is 3.79. The first-order valence-corrected chi connectivity index (χ1v) is 5.85. The molecule has 0 aliphatic carbocycles. The summed E-state index contributed by atoms with van der Waals surface area (Å²) in [4.78, 5) is 11.3. The zero-order chi connectivity index (χ0) is 13.3. The van der Waals surface area contributed by atoms with E-state index in [2.05, 4.69) is 5.32 Å². The van der Waals surface area contributed by atoms with Gasteiger partial charge in [0.15, 0.2) is 5.60 Å². The van der Waals surface area contributed by atoms with Crippen molar-refractivity contribution < 1.29 is 14.3 Å². The van der Waals surface area contributed by atoms with Gasteiger partial charge in [-0.25, -0.2) is 4.79 Å². The Labute approximate surface area is 106 Å². The van der Waals surface area contributed by atoms with E-state index in [9.17, 15) is 4.79 Å². The number of ether oxygens (including phenoxy) is 2. The summed E-state index contributed by atoms with van der Waals surface area (Å²) in [6.45, 7) is 4.61. The fourth-order valence-electron chi connectivity index (χ4n) is 2.35. The summed E-state index contributed by atoms with van der Waals surface area (Å²) in [6.07, 6.45) is -0.423. The highest BCUT2D eigenvalue weighted by Crippen LogP contribution is 2.34. The number of amides is 1. The molecule has 1 aromatic rings. The van der Waals surface area contributed by atoms with Gasteiger partial charge in [-0.15, -0.1) is 0 Å². The molecule has 3 N–H and O–H groups in total. The van der Waals surface area contributed by atoms with E-state index < -0.39 is 11.7 Å². The van der Waals surface area contributed by atoms with E-state index in [1.807, 2.05) is 26.0 Å². The minimum Gasteiger partial charge on any atom is -0.496 e. The predicted molar refractivity (Wildman–Crippen MR) is 67.7 cm³/mol. The summed E-state index contributed by atoms with van der Waals surface area (Å²) < 4.78 is 10.7. The molecule has 0 radical (unpaired) electrons. The average Bonchev–Trinajstić information content (AvgIpc) is 2.75. The van der Waals surface area contributed by atoms with Crippen molar-refractivity contribution in [2.75, 3.05) is 20.2 Å². The van der Waals surface area contributed by atoms with Crippen molar-refractivity contribution in [3.63, 3.8) is 0 Å². The van der Waals surface area contributed by atoms with Crippen LogP contribution in [0.2, 0.25) is 0 Å². The topological polar surface area (TPSA) is 73.6 Å². The summed E-state index contributed by atoms with van der Waals surface area (Å²) in [5.41, 5.74) is 8.04. The normalized spacial score (nSPS) is 22.6. The van der Waals surface area contributed by atoms with Gasteiger partial charge in [0.2, 0.25) is 0 Å². The number of carbonyl (C=O) groups excluding carboxylic acids is 1. The first-order valence-electron chi connectivity index (χ1n) is 5.85. The Morgan fingerprint density at radius 2 is 2.17 bits per heavy atom. The quantitative estimate of drug-likeness (QED) is 0.845. The van der Waals surface area contributed by atoms with E-state index in [1.54, 1.807) is 7.11 Å². The van der Waals surface area contributed by atoms with Crippen LogP contribution in [-0.2, 0) is 10.3 Å². The van der Waals surface area contributed by atoms with Gasteiger partial charge in [-0.05, 0) is 31.0 Å². The van der Waals surface area contributed by atoms with Gasteiger partial charge in [-0.3, -0.25) is 0 Å². The number of alkyl carbamates (subject to hydrolysis) is 1. The molecule has 0 bridgehead atoms. The summed E-state index contributed by atoms with van der Waals surface area (Å²) in [7, 11) is 1.64. The van der Waals surface area contributed by atoms with Gasteiger partial charge in [-0.1, -0.05) is 6.07 Å². The second-order valence-corrected chi connectivity index (χ2v) is 4.51. The molecule has 1 aromatic carbocycles. The van der Waals surface area contributed by atoms with Crippen LogP contribution in [0.5, 0.6) is 5.75 Å². The van der Waals surface area contributed by atoms with Crippen molar-refractivity contribution in [2.24, 2.45) is 5.73 Å². The van der Waals surface area contributed by atoms with Gasteiger partial charge < -0.3 is 20.5 Å². The molecule has 1 aliphatic heterocycles. The van der Waals surface area contributed by atoms with Crippen LogP contribution in [-0.4, -0.2) is 26.3 Å². The Morgan fingerprint density at radius 1 is 1.44 bits per heavy atom. The van der Waals surface area contributed by atoms with Crippen molar-refractivity contribution in [1.82, 2.24) is 5.32 Å². The summed E-state index contributed by atoms with van der Waals surface area (Å²) in [5, 5.41) is 2.66. The second-order valence-electron chi connectivity index (χ2n) is 4.51. The number of nitrogens with one attached hydrogen (secondary N) is 1. The van der Waals surface area contributed by atoms with E-state index in [0.29, 0.717) is 6.54 Å². The third-order valence-electron chi connectivity index (χ3n) is 3.58. The van der Waals surface area contributed by atoms with Gasteiger partial charge in [-0.2, -0.15) is 0 Å². The lowest BCUT2D eigenvalue weighted by molar-refractivity contribution is 0.0611. The molecule has 0 saturated carbocycles. The minimum absolute atomic E-state index is 0.248. The van der Waals surface area contributed by atoms with Crippen LogP contribution < -0.4 is 15.8 Å². The van der Waals surface area contributed by atoms with E-state index in [-0.39, 0.29) is 6.54 Å². The van der Waals surface area contributed by atoms with E-state index in [4.69, 9.17) is 15.2 Å². The van der Waals surface area contributed by atoms with Crippen molar-refractivity contribution in [3.8, 4) is 5.75 Å². The number of hydrogen-bond donors (Lipinski definition) is 2. The van der Waals surface area contributed by atoms with Crippen molar-refractivity contribution >= 4 is 6.09 Å². The average molecular weight is 250 g/mol. The fourth-order valence-corrected chi connectivity index (χ4v) is 2.35. The second kappa shape index (κ2) is 4.49. The molecule has 2 rings (SSSR count). The number of carbonyl (C=O) groups is 1. The molecule has 1 amide bonds. The Hall–Kier alpha value is -1.75. The number of rotatable bonds is 3. The van der Waals surface area contributed by atoms with Crippen LogP contribution in [0.25, 0.3) is 0 Å². The molecular formula is C13H18N2O3. The lowest BCUT2D eigenvalue weighted by Gasteiger charge is -2.28. The molecule has 1 unspecified atom stereocenters. The highest BCUT2D eigenvalue weighted by atomic mass is 16.6. The van der Waals surface area contributed by atoms with Crippen LogP contribution >= 0.6 is 0 Å². The molecule has 0 spiro atoms. The smallest absolute Gasteiger partial charge is 0.408 e. The first-order chi connectivity index (χ1) is 8.54. The van der Waals surface area contributed by atoms with Gasteiger partial charge in [0.25, 0.3) is 0 Å². The van der Waals surface area contributed by atoms with Crippen LogP contribution in [0.15, 0.2) is 12.1 Å². The maximum absolute atomic E-state index is 11.3. The molecule has 1 aliphatic rings. The van der Waals surface area contributed by atoms with Crippen LogP contribution in [0.1, 0.15) is 16.7 Å². The molecule has 1 fully saturated rings. The van der Waals surface area contributed by atoms with E-state index >= 15 is 0 Å². The lowest BCUT2D eigenvalue weighted by atomic mass is 9.88. The number of hydrogen-bond acceptors (Lipinski definition) is 4. The molecule has 98 valence electrons. The fraction of sp³-hybridized carbons (Fsp3) is 0.462. The largest absolute Gasteiger partial charge is 0.496 e. The molecule has 1 heterocycles. The van der Waals surface area contributed by atoms with Crippen molar-refractivity contribution in [3.05, 3.63) is 28.8 Å². The highest BCUT2D eigenvalue weighted by Gasteiger charge is 2.42. The lowest BCUT2D eigenvalue weighted by Crippen LogP contribution is -2.39. The molecule has 1 atom stereocenters. The van der Waals surface area contributed by atoms with Crippen LogP contribution in [0.4, 0.5) is 4.79 Å². The van der Waals surface area contributed by atoms with E-state index in [1.165, 1.54) is 0 Å². The molecule has 1 saturated heterocycles. The maximum atomic E-state index is 11.3. The Kier molecular flexibility index (Phi) is 3.17. The van der Waals surface area contributed by atoms with Gasteiger partial charge in [0.05, 0.1) is 13.7 Å². The van der Waals surface area contributed by atoms with E-state index in [0.717, 1.165) is 22.4 Å². The Balaban J connectivity index is 2.50. The molecule has 18 heavy (non-hydrogen) atoms. The molecule has 0 aromatic heterocycles. The number of nitrogens with two attached hydrogens (primary N) is 1. The SMILES string of the molecule is COc1ccc(C2(CN)CNC(=O)O2)c(C)c1C. The third-order valence-corrected chi connectivity index (χ3v) is 3.58. The van der Waals surface area contributed by atoms with Crippen molar-refractivity contribution in [2.45, 2.75) is 19.4 Å². The molecule has 5 nitrogen and oxygen atoms in total. The summed E-state index contributed by atoms with van der Waals surface area (Å²) in [5.74, 6) is 0.820. The number of methoxy groups -OCH3 is 1. The predicted octanol–water partition coefficient (Wildman–Crippen LogP) is 1.21. The van der Waals surface area contributed by atoms with Crippen LogP contribution in [0.3, 0.4) is 0 Å². The maximum Gasteiger partial charge on any atom is 0.408 e. The number of benzene rings is 1. The zero-order valence-electron chi connectivity index (χ0n) is 10.9. The summed E-state index contributed by atoms with van der Waals surface area (Å²) >= 11 is 0. The van der Waals surface area contributed by atoms with Crippen LogP contribution in [0, 0.1) is 13.8 Å². The standard InChI is InChI=1S/C13H18N2O3/c1-8-9(2)11(17-3)5-4-10(8)13(6-14)7-15-12(16)18-13/h4-5H,6-7,14H2,1-3H3,(H,15,16). The third kappa shape index (κ3) is 1.80. The monoisotopic (exact) mass is 250 g/mol. The van der Waals surface area contributed by atoms with Gasteiger partial charge >= 0.3 is 6.09 Å². The van der Waals surface area contributed by atoms with Crippen molar-refractivity contribution in [1.29, 1.82) is 0 Å². The zero-order valence-corrected chi connectivity index (χ0v) is 10.9. The number of cyclic esters (lactones) is 1. The van der Waals surface area contributed by atoms with Gasteiger partial charge in [0.1, 0.15) is 5.75 Å². The highest BCUT2D eigenvalue weighted by molar-refractivity contribution is 5.71. The molecular weight excluding hydrogens is 232 g/mol. The Bertz CT molecular complexity index is 487. The minimum atomic E-state index is -0.766. The van der Waals surface area contributed by atoms with Gasteiger partial charge in [0, 0.05) is 12.1 Å².